The molecule has 2 heterocycles. The van der Waals surface area contributed by atoms with Crippen LogP contribution >= 0.6 is 0 Å². The van der Waals surface area contributed by atoms with Gasteiger partial charge in [-0.15, -0.1) is 0 Å². The SMILES string of the molecule is Cc1ccc(S(=O)(=O)N2C[C@@H](C)N(C(=O)CN3CCOCC3)[C@@H]2C(C)C)cc1. The molecule has 2 atom stereocenters. The van der Waals surface area contributed by atoms with E-state index >= 15 is 0 Å². The number of benzene rings is 1. The van der Waals surface area contributed by atoms with Crippen molar-refractivity contribution in [3.63, 3.8) is 0 Å². The molecule has 0 aliphatic carbocycles. The van der Waals surface area contributed by atoms with Crippen molar-refractivity contribution in [1.29, 1.82) is 0 Å². The Morgan fingerprint density at radius 3 is 2.36 bits per heavy atom. The highest BCUT2D eigenvalue weighted by Crippen LogP contribution is 2.32. The summed E-state index contributed by atoms with van der Waals surface area (Å²) >= 11 is 0. The van der Waals surface area contributed by atoms with Crippen molar-refractivity contribution >= 4 is 15.9 Å². The van der Waals surface area contributed by atoms with E-state index in [1.165, 1.54) is 4.31 Å². The molecule has 156 valence electrons. The van der Waals surface area contributed by atoms with Crippen molar-refractivity contribution < 1.29 is 17.9 Å². The van der Waals surface area contributed by atoms with Crippen molar-refractivity contribution in [1.82, 2.24) is 14.1 Å². The maximum absolute atomic E-state index is 13.3. The summed E-state index contributed by atoms with van der Waals surface area (Å²) in [6.07, 6.45) is -0.477. The molecule has 8 heteroatoms. The number of aryl methyl sites for hydroxylation is 1. The second-order valence-corrected chi connectivity index (χ2v) is 9.97. The number of rotatable bonds is 5. The molecule has 1 aromatic carbocycles. The zero-order chi connectivity index (χ0) is 20.5. The van der Waals surface area contributed by atoms with Crippen LogP contribution in [-0.4, -0.2) is 80.0 Å². The fourth-order valence-corrected chi connectivity index (χ4v) is 5.81. The molecule has 2 fully saturated rings. The Hall–Kier alpha value is -1.48. The van der Waals surface area contributed by atoms with Gasteiger partial charge in [-0.05, 0) is 31.9 Å². The lowest BCUT2D eigenvalue weighted by molar-refractivity contribution is -0.137. The fourth-order valence-electron chi connectivity index (χ4n) is 4.02. The fraction of sp³-hybridized carbons (Fsp3) is 0.650. The lowest BCUT2D eigenvalue weighted by Crippen LogP contribution is -2.52. The van der Waals surface area contributed by atoms with Gasteiger partial charge in [0, 0.05) is 25.7 Å². The largest absolute Gasteiger partial charge is 0.379 e. The Balaban J connectivity index is 1.85. The molecule has 2 aliphatic rings. The molecule has 0 aromatic heterocycles. The lowest BCUT2D eigenvalue weighted by Gasteiger charge is -2.35. The maximum atomic E-state index is 13.3. The third-order valence-corrected chi connectivity index (χ3v) is 7.32. The smallest absolute Gasteiger partial charge is 0.244 e. The summed E-state index contributed by atoms with van der Waals surface area (Å²) in [5, 5.41) is 0. The number of sulfonamides is 1. The van der Waals surface area contributed by atoms with Crippen LogP contribution in [0.2, 0.25) is 0 Å². The summed E-state index contributed by atoms with van der Waals surface area (Å²) in [6.45, 7) is 11.1. The van der Waals surface area contributed by atoms with Crippen LogP contribution in [0.5, 0.6) is 0 Å². The van der Waals surface area contributed by atoms with Crippen LogP contribution < -0.4 is 0 Å². The van der Waals surface area contributed by atoms with E-state index in [-0.39, 0.29) is 22.8 Å². The van der Waals surface area contributed by atoms with Crippen LogP contribution in [0.4, 0.5) is 0 Å². The predicted octanol–water partition coefficient (Wildman–Crippen LogP) is 1.53. The molecule has 0 saturated carbocycles. The van der Waals surface area contributed by atoms with Gasteiger partial charge in [0.25, 0.3) is 0 Å². The monoisotopic (exact) mass is 409 g/mol. The molecular weight excluding hydrogens is 378 g/mol. The highest BCUT2D eigenvalue weighted by atomic mass is 32.2. The zero-order valence-corrected chi connectivity index (χ0v) is 18.0. The van der Waals surface area contributed by atoms with Crippen molar-refractivity contribution in [3.8, 4) is 0 Å². The van der Waals surface area contributed by atoms with Gasteiger partial charge in [-0.2, -0.15) is 4.31 Å². The first-order chi connectivity index (χ1) is 13.2. The van der Waals surface area contributed by atoms with Gasteiger partial charge in [0.1, 0.15) is 6.17 Å². The average molecular weight is 410 g/mol. The van der Waals surface area contributed by atoms with Crippen LogP contribution in [0.15, 0.2) is 29.2 Å². The van der Waals surface area contributed by atoms with E-state index in [2.05, 4.69) is 4.90 Å². The van der Waals surface area contributed by atoms with Crippen molar-refractivity contribution in [2.45, 2.75) is 44.8 Å². The molecule has 2 saturated heterocycles. The molecule has 2 aliphatic heterocycles. The standard InChI is InChI=1S/C20H31N3O4S/c1-15(2)20-22(28(25,26)18-7-5-16(3)6-8-18)13-17(4)23(20)19(24)14-21-9-11-27-12-10-21/h5-8,15,17,20H,9-14H2,1-4H3/t17-,20-/m1/s1. The Kier molecular flexibility index (Phi) is 6.44. The average Bonchev–Trinajstić information content (AvgIpc) is 3.01. The molecule has 0 spiro atoms. The molecular formula is C20H31N3O4S. The normalized spacial score (nSPS) is 24.8. The van der Waals surface area contributed by atoms with Crippen molar-refractivity contribution in [3.05, 3.63) is 29.8 Å². The van der Waals surface area contributed by atoms with Gasteiger partial charge < -0.3 is 9.64 Å². The van der Waals surface area contributed by atoms with Gasteiger partial charge in [-0.1, -0.05) is 31.5 Å². The van der Waals surface area contributed by atoms with Crippen LogP contribution in [-0.2, 0) is 19.6 Å². The third-order valence-electron chi connectivity index (χ3n) is 5.47. The van der Waals surface area contributed by atoms with E-state index in [4.69, 9.17) is 4.74 Å². The molecule has 7 nitrogen and oxygen atoms in total. The third kappa shape index (κ3) is 4.25. The first kappa shape index (κ1) is 21.2. The number of amides is 1. The van der Waals surface area contributed by atoms with Crippen LogP contribution in [0.3, 0.4) is 0 Å². The summed E-state index contributed by atoms with van der Waals surface area (Å²) in [6, 6.07) is 6.73. The highest BCUT2D eigenvalue weighted by Gasteiger charge is 2.47. The van der Waals surface area contributed by atoms with Gasteiger partial charge in [-0.3, -0.25) is 9.69 Å². The van der Waals surface area contributed by atoms with Gasteiger partial charge in [0.15, 0.2) is 0 Å². The number of hydrogen-bond donors (Lipinski definition) is 0. The van der Waals surface area contributed by atoms with Crippen LogP contribution in [0, 0.1) is 12.8 Å². The Morgan fingerprint density at radius 2 is 1.79 bits per heavy atom. The van der Waals surface area contributed by atoms with E-state index in [0.29, 0.717) is 26.3 Å². The summed E-state index contributed by atoms with van der Waals surface area (Å²) in [5.41, 5.74) is 1.01. The van der Waals surface area contributed by atoms with E-state index in [0.717, 1.165) is 18.7 Å². The van der Waals surface area contributed by atoms with Crippen molar-refractivity contribution in [2.24, 2.45) is 5.92 Å². The molecule has 0 radical (unpaired) electrons. The Labute approximate surface area is 168 Å². The summed E-state index contributed by atoms with van der Waals surface area (Å²) in [7, 11) is -3.68. The topological polar surface area (TPSA) is 70.2 Å². The first-order valence-corrected chi connectivity index (χ1v) is 11.4. The Bertz CT molecular complexity index is 788. The Morgan fingerprint density at radius 1 is 1.18 bits per heavy atom. The van der Waals surface area contributed by atoms with E-state index in [1.807, 2.05) is 27.7 Å². The molecule has 0 unspecified atom stereocenters. The maximum Gasteiger partial charge on any atom is 0.244 e. The lowest BCUT2D eigenvalue weighted by atomic mass is 10.1. The molecule has 1 aromatic rings. The molecule has 28 heavy (non-hydrogen) atoms. The highest BCUT2D eigenvalue weighted by molar-refractivity contribution is 7.89. The molecule has 3 rings (SSSR count). The number of ether oxygens (including phenoxy) is 1. The first-order valence-electron chi connectivity index (χ1n) is 9.91. The zero-order valence-electron chi connectivity index (χ0n) is 17.2. The van der Waals surface area contributed by atoms with Gasteiger partial charge in [0.05, 0.1) is 24.7 Å². The summed E-state index contributed by atoms with van der Waals surface area (Å²) in [4.78, 5) is 17.2. The van der Waals surface area contributed by atoms with E-state index in [9.17, 15) is 13.2 Å². The number of morpholine rings is 1. The summed E-state index contributed by atoms with van der Waals surface area (Å²) in [5.74, 6) is -0.0338. The molecule has 0 N–H and O–H groups in total. The number of carbonyl (C=O) groups excluding carboxylic acids is 1. The van der Waals surface area contributed by atoms with Crippen molar-refractivity contribution in [2.75, 3.05) is 39.4 Å². The quantitative estimate of drug-likeness (QED) is 0.738. The van der Waals surface area contributed by atoms with E-state index in [1.54, 1.807) is 29.2 Å². The minimum absolute atomic E-state index is 0.0150. The predicted molar refractivity (Wildman–Crippen MR) is 107 cm³/mol. The van der Waals surface area contributed by atoms with Gasteiger partial charge in [-0.25, -0.2) is 8.42 Å². The number of carbonyl (C=O) groups is 1. The minimum Gasteiger partial charge on any atom is -0.379 e. The number of hydrogen-bond acceptors (Lipinski definition) is 5. The van der Waals surface area contributed by atoms with E-state index < -0.39 is 16.2 Å². The molecule has 0 bridgehead atoms. The van der Waals surface area contributed by atoms with Crippen LogP contribution in [0.25, 0.3) is 0 Å². The van der Waals surface area contributed by atoms with Crippen LogP contribution in [0.1, 0.15) is 26.3 Å². The minimum atomic E-state index is -3.68. The second-order valence-electron chi connectivity index (χ2n) is 8.08. The second kappa shape index (κ2) is 8.49. The number of nitrogens with zero attached hydrogens (tertiary/aromatic N) is 3. The van der Waals surface area contributed by atoms with Gasteiger partial charge in [0.2, 0.25) is 15.9 Å². The van der Waals surface area contributed by atoms with Gasteiger partial charge >= 0.3 is 0 Å². The molecule has 1 amide bonds. The summed E-state index contributed by atoms with van der Waals surface area (Å²) < 4.78 is 33.5.